The maximum absolute atomic E-state index is 13.5. The first-order chi connectivity index (χ1) is 13.7. The van der Waals surface area contributed by atoms with Crippen molar-refractivity contribution in [3.63, 3.8) is 0 Å². The average Bonchev–Trinajstić information content (AvgIpc) is 3.37. The minimum absolute atomic E-state index is 0.209. The van der Waals surface area contributed by atoms with Crippen LogP contribution in [0.2, 0.25) is 0 Å². The number of phenolic OH excluding ortho intramolecular Hbond substituents is 1. The Morgan fingerprint density at radius 1 is 0.893 bits per heavy atom. The summed E-state index contributed by atoms with van der Waals surface area (Å²) in [6.07, 6.45) is 6.00. The predicted molar refractivity (Wildman–Crippen MR) is 107 cm³/mol. The average molecular weight is 374 g/mol. The van der Waals surface area contributed by atoms with Crippen LogP contribution in [0.25, 0.3) is 28.2 Å². The number of fused-ring (bicyclic) bond motifs is 1. The fourth-order valence-corrected chi connectivity index (χ4v) is 3.82. The molecule has 0 saturated carbocycles. The second kappa shape index (κ2) is 6.64. The van der Waals surface area contributed by atoms with Crippen molar-refractivity contribution in [2.45, 2.75) is 12.8 Å². The lowest BCUT2D eigenvalue weighted by Gasteiger charge is -2.16. The van der Waals surface area contributed by atoms with Crippen molar-refractivity contribution in [3.8, 4) is 28.3 Å². The Kier molecular flexibility index (Phi) is 3.97. The highest BCUT2D eigenvalue weighted by Gasteiger charge is 2.22. The molecule has 1 N–H and O–H groups in total. The second-order valence-electron chi connectivity index (χ2n) is 7.00. The van der Waals surface area contributed by atoms with Gasteiger partial charge in [-0.15, -0.1) is 0 Å². The van der Waals surface area contributed by atoms with Crippen molar-refractivity contribution in [2.75, 3.05) is 18.0 Å². The molecule has 0 aliphatic carbocycles. The van der Waals surface area contributed by atoms with Gasteiger partial charge in [-0.1, -0.05) is 0 Å². The largest absolute Gasteiger partial charge is 0.508 e. The Morgan fingerprint density at radius 3 is 2.29 bits per heavy atom. The highest BCUT2D eigenvalue weighted by molar-refractivity contribution is 5.84. The van der Waals surface area contributed by atoms with Crippen LogP contribution in [0.15, 0.2) is 60.9 Å². The summed E-state index contributed by atoms with van der Waals surface area (Å²) in [7, 11) is 0. The van der Waals surface area contributed by atoms with Gasteiger partial charge in [-0.25, -0.2) is 14.4 Å². The highest BCUT2D eigenvalue weighted by atomic mass is 19.1. The fraction of sp³-hybridized carbons (Fsp3) is 0.182. The van der Waals surface area contributed by atoms with E-state index in [2.05, 4.69) is 9.88 Å². The van der Waals surface area contributed by atoms with E-state index < -0.39 is 0 Å². The van der Waals surface area contributed by atoms with E-state index in [0.29, 0.717) is 0 Å². The van der Waals surface area contributed by atoms with Gasteiger partial charge >= 0.3 is 0 Å². The number of anilines is 1. The molecule has 140 valence electrons. The summed E-state index contributed by atoms with van der Waals surface area (Å²) in [6.45, 7) is 1.94. The van der Waals surface area contributed by atoms with Crippen LogP contribution in [0.3, 0.4) is 0 Å². The maximum Gasteiger partial charge on any atom is 0.181 e. The van der Waals surface area contributed by atoms with Gasteiger partial charge in [-0.2, -0.15) is 0 Å². The summed E-state index contributed by atoms with van der Waals surface area (Å²) in [5.74, 6) is 0.798. The third-order valence-electron chi connectivity index (χ3n) is 5.19. The summed E-state index contributed by atoms with van der Waals surface area (Å²) in [6, 6.07) is 13.4. The molecule has 4 aromatic rings. The Hall–Kier alpha value is -3.41. The van der Waals surface area contributed by atoms with E-state index in [1.807, 2.05) is 22.7 Å². The number of aromatic hydroxyl groups is 1. The summed E-state index contributed by atoms with van der Waals surface area (Å²) < 4.78 is 15.5. The van der Waals surface area contributed by atoms with Gasteiger partial charge in [-0.05, 0) is 61.4 Å². The zero-order valence-electron chi connectivity index (χ0n) is 15.2. The Labute approximate surface area is 161 Å². The molecule has 28 heavy (non-hydrogen) atoms. The molecule has 1 aliphatic rings. The molecular formula is C22H19FN4O. The van der Waals surface area contributed by atoms with E-state index in [-0.39, 0.29) is 11.6 Å². The van der Waals surface area contributed by atoms with Gasteiger partial charge in [0.2, 0.25) is 0 Å². The van der Waals surface area contributed by atoms with E-state index in [4.69, 9.17) is 4.98 Å². The van der Waals surface area contributed by atoms with E-state index in [0.717, 1.165) is 59.9 Å². The number of rotatable bonds is 3. The summed E-state index contributed by atoms with van der Waals surface area (Å²) in [4.78, 5) is 11.8. The highest BCUT2D eigenvalue weighted by Crippen LogP contribution is 2.36. The number of imidazole rings is 1. The van der Waals surface area contributed by atoms with Crippen molar-refractivity contribution in [1.82, 2.24) is 14.4 Å². The van der Waals surface area contributed by atoms with Crippen LogP contribution < -0.4 is 4.90 Å². The van der Waals surface area contributed by atoms with Gasteiger partial charge in [0.1, 0.15) is 11.6 Å². The molecule has 2 aromatic heterocycles. The smallest absolute Gasteiger partial charge is 0.181 e. The normalized spacial score (nSPS) is 14.1. The van der Waals surface area contributed by atoms with Crippen LogP contribution >= 0.6 is 0 Å². The van der Waals surface area contributed by atoms with Crippen LogP contribution in [-0.4, -0.2) is 32.6 Å². The monoisotopic (exact) mass is 374 g/mol. The molecule has 6 heteroatoms. The quantitative estimate of drug-likeness (QED) is 0.573. The molecule has 0 bridgehead atoms. The van der Waals surface area contributed by atoms with Gasteiger partial charge in [0.05, 0.1) is 11.4 Å². The molecule has 0 amide bonds. The lowest BCUT2D eigenvalue weighted by molar-refractivity contribution is 0.475. The lowest BCUT2D eigenvalue weighted by atomic mass is 10.0. The molecule has 0 spiro atoms. The van der Waals surface area contributed by atoms with Crippen molar-refractivity contribution < 1.29 is 9.50 Å². The molecular weight excluding hydrogens is 355 g/mol. The van der Waals surface area contributed by atoms with E-state index in [9.17, 15) is 9.50 Å². The molecule has 1 saturated heterocycles. The first-order valence-corrected chi connectivity index (χ1v) is 9.38. The third kappa shape index (κ3) is 2.78. The SMILES string of the molecule is Oc1ccc(-c2c(-c3ccc(F)cc3)nc3c(N4CCCC4)nccn23)cc1. The number of hydrogen-bond donors (Lipinski definition) is 1. The Morgan fingerprint density at radius 2 is 1.57 bits per heavy atom. The van der Waals surface area contributed by atoms with Gasteiger partial charge < -0.3 is 10.0 Å². The molecule has 0 atom stereocenters. The maximum atomic E-state index is 13.5. The molecule has 5 rings (SSSR count). The van der Waals surface area contributed by atoms with Crippen molar-refractivity contribution in [3.05, 3.63) is 66.7 Å². The van der Waals surface area contributed by atoms with Crippen LogP contribution in [0, 0.1) is 5.82 Å². The minimum Gasteiger partial charge on any atom is -0.508 e. The van der Waals surface area contributed by atoms with Crippen LogP contribution in [0.4, 0.5) is 10.2 Å². The van der Waals surface area contributed by atoms with E-state index in [1.165, 1.54) is 12.1 Å². The Balaban J connectivity index is 1.78. The second-order valence-corrected chi connectivity index (χ2v) is 7.00. The zero-order valence-corrected chi connectivity index (χ0v) is 15.2. The summed E-state index contributed by atoms with van der Waals surface area (Å²) in [5.41, 5.74) is 4.19. The van der Waals surface area contributed by atoms with Crippen molar-refractivity contribution in [1.29, 1.82) is 0 Å². The van der Waals surface area contributed by atoms with Crippen molar-refractivity contribution >= 4 is 11.5 Å². The number of benzene rings is 2. The summed E-state index contributed by atoms with van der Waals surface area (Å²) >= 11 is 0. The van der Waals surface area contributed by atoms with E-state index >= 15 is 0 Å². The molecule has 0 unspecified atom stereocenters. The number of hydrogen-bond acceptors (Lipinski definition) is 4. The number of nitrogens with zero attached hydrogens (tertiary/aromatic N) is 4. The molecule has 1 aliphatic heterocycles. The Bertz CT molecular complexity index is 1130. The number of phenols is 1. The topological polar surface area (TPSA) is 53.7 Å². The zero-order chi connectivity index (χ0) is 19.1. The van der Waals surface area contributed by atoms with Crippen LogP contribution in [0.5, 0.6) is 5.75 Å². The number of aromatic nitrogens is 3. The minimum atomic E-state index is -0.280. The molecule has 2 aromatic carbocycles. The van der Waals surface area contributed by atoms with Gasteiger partial charge in [0.25, 0.3) is 0 Å². The third-order valence-corrected chi connectivity index (χ3v) is 5.19. The molecule has 0 radical (unpaired) electrons. The predicted octanol–water partition coefficient (Wildman–Crippen LogP) is 4.51. The van der Waals surface area contributed by atoms with Crippen LogP contribution in [0.1, 0.15) is 12.8 Å². The standard InChI is InChI=1S/C22H19FN4O/c23-17-7-3-15(4-8-17)19-20(16-5-9-18(28)10-6-16)27-14-11-24-21(22(27)25-19)26-12-1-2-13-26/h3-11,14,28H,1-2,12-13H2. The van der Waals surface area contributed by atoms with Crippen molar-refractivity contribution in [2.24, 2.45) is 0 Å². The first-order valence-electron chi connectivity index (χ1n) is 9.38. The number of halogens is 1. The van der Waals surface area contributed by atoms with Gasteiger partial charge in [-0.3, -0.25) is 4.40 Å². The molecule has 5 nitrogen and oxygen atoms in total. The van der Waals surface area contributed by atoms with Gasteiger partial charge in [0.15, 0.2) is 11.5 Å². The van der Waals surface area contributed by atoms with Crippen LogP contribution in [-0.2, 0) is 0 Å². The lowest BCUT2D eigenvalue weighted by Crippen LogP contribution is -2.19. The first kappa shape index (κ1) is 16.7. The summed E-state index contributed by atoms with van der Waals surface area (Å²) in [5, 5.41) is 9.69. The van der Waals surface area contributed by atoms with E-state index in [1.54, 1.807) is 30.5 Å². The molecule has 1 fully saturated rings. The molecule has 3 heterocycles. The fourth-order valence-electron chi connectivity index (χ4n) is 3.82. The van der Waals surface area contributed by atoms with Gasteiger partial charge in [0, 0.05) is 36.6 Å².